The van der Waals surface area contributed by atoms with Gasteiger partial charge in [0, 0.05) is 5.92 Å². The first-order valence-electron chi connectivity index (χ1n) is 9.65. The fourth-order valence-corrected chi connectivity index (χ4v) is 3.71. The molecule has 1 N–H and O–H groups in total. The lowest BCUT2D eigenvalue weighted by Crippen LogP contribution is -2.36. The third-order valence-electron chi connectivity index (χ3n) is 4.71. The minimum atomic E-state index is -1.62. The van der Waals surface area contributed by atoms with Crippen LogP contribution in [0, 0.1) is 17.8 Å². The molecule has 0 spiro atoms. The molecule has 2 aliphatic rings. The third kappa shape index (κ3) is 3.81. The standard InChI is InChI=1S/C20H24O10/c1-5-27-17(23)11-9-10(13(15(11)21)19(25)29-7-3)14(20(26)30-8-4)16(22)12(9)18(24)28-6-2/h9,11-12,21H,5-8H2,1-4H3/t9-,11+,12+/m0/s1. The fraction of sp³-hybridized carbons (Fsp3) is 0.550. The topological polar surface area (TPSA) is 142 Å². The van der Waals surface area contributed by atoms with Crippen molar-refractivity contribution in [3.8, 4) is 0 Å². The Morgan fingerprint density at radius 3 is 1.63 bits per heavy atom. The summed E-state index contributed by atoms with van der Waals surface area (Å²) in [6, 6.07) is 0. The number of fused-ring (bicyclic) bond motifs is 1. The molecular formula is C20H24O10. The lowest BCUT2D eigenvalue weighted by atomic mass is 9.83. The molecule has 3 atom stereocenters. The van der Waals surface area contributed by atoms with Crippen molar-refractivity contribution in [3.63, 3.8) is 0 Å². The van der Waals surface area contributed by atoms with E-state index in [0.29, 0.717) is 0 Å². The van der Waals surface area contributed by atoms with Gasteiger partial charge in [-0.1, -0.05) is 0 Å². The van der Waals surface area contributed by atoms with Crippen LogP contribution in [-0.2, 0) is 42.9 Å². The molecule has 2 rings (SSSR count). The molecule has 2 aliphatic carbocycles. The van der Waals surface area contributed by atoms with Crippen LogP contribution in [-0.4, -0.2) is 61.2 Å². The number of Topliss-reactive ketones (excluding diaryl/α,β-unsaturated/α-hetero) is 1. The lowest BCUT2D eigenvalue weighted by Gasteiger charge is -2.21. The van der Waals surface area contributed by atoms with Crippen LogP contribution in [0.3, 0.4) is 0 Å². The Balaban J connectivity index is 2.76. The predicted octanol–water partition coefficient (Wildman–Crippen LogP) is 0.792. The van der Waals surface area contributed by atoms with Crippen LogP contribution in [0.15, 0.2) is 22.5 Å². The zero-order valence-electron chi connectivity index (χ0n) is 17.2. The monoisotopic (exact) mass is 424 g/mol. The molecule has 10 nitrogen and oxygen atoms in total. The molecule has 0 aromatic carbocycles. The molecule has 0 fully saturated rings. The maximum atomic E-state index is 13.0. The quantitative estimate of drug-likeness (QED) is 0.257. The summed E-state index contributed by atoms with van der Waals surface area (Å²) < 4.78 is 19.8. The molecule has 0 aromatic heterocycles. The van der Waals surface area contributed by atoms with Crippen molar-refractivity contribution >= 4 is 29.7 Å². The normalized spacial score (nSPS) is 22.7. The zero-order valence-corrected chi connectivity index (χ0v) is 17.2. The molecule has 164 valence electrons. The maximum Gasteiger partial charge on any atom is 0.342 e. The smallest absolute Gasteiger partial charge is 0.342 e. The van der Waals surface area contributed by atoms with Gasteiger partial charge in [0.1, 0.15) is 28.7 Å². The first-order chi connectivity index (χ1) is 14.3. The van der Waals surface area contributed by atoms with Gasteiger partial charge in [0.15, 0.2) is 5.78 Å². The second-order valence-electron chi connectivity index (χ2n) is 6.34. The van der Waals surface area contributed by atoms with E-state index in [1.807, 2.05) is 0 Å². The molecule has 0 heterocycles. The Bertz CT molecular complexity index is 835. The number of carbonyl (C=O) groups is 5. The lowest BCUT2D eigenvalue weighted by molar-refractivity contribution is -0.155. The van der Waals surface area contributed by atoms with Crippen LogP contribution in [0.2, 0.25) is 0 Å². The maximum absolute atomic E-state index is 13.0. The highest BCUT2D eigenvalue weighted by Gasteiger charge is 2.61. The van der Waals surface area contributed by atoms with E-state index in [4.69, 9.17) is 18.9 Å². The highest BCUT2D eigenvalue weighted by molar-refractivity contribution is 6.27. The summed E-state index contributed by atoms with van der Waals surface area (Å²) in [5, 5.41) is 10.7. The molecule has 0 aliphatic heterocycles. The van der Waals surface area contributed by atoms with Crippen LogP contribution in [0.5, 0.6) is 0 Å². The van der Waals surface area contributed by atoms with Gasteiger partial charge in [0.2, 0.25) is 0 Å². The average Bonchev–Trinajstić information content (AvgIpc) is 3.11. The largest absolute Gasteiger partial charge is 0.510 e. The van der Waals surface area contributed by atoms with E-state index in [-0.39, 0.29) is 32.0 Å². The number of hydrogen-bond acceptors (Lipinski definition) is 10. The average molecular weight is 424 g/mol. The van der Waals surface area contributed by atoms with E-state index in [0.717, 1.165) is 0 Å². The molecule has 0 bridgehead atoms. The van der Waals surface area contributed by atoms with Crippen molar-refractivity contribution in [2.75, 3.05) is 26.4 Å². The van der Waals surface area contributed by atoms with Crippen LogP contribution in [0.25, 0.3) is 0 Å². The summed E-state index contributed by atoms with van der Waals surface area (Å²) in [6.07, 6.45) is 0. The van der Waals surface area contributed by atoms with Gasteiger partial charge >= 0.3 is 23.9 Å². The van der Waals surface area contributed by atoms with Gasteiger partial charge in [-0.05, 0) is 33.3 Å². The Morgan fingerprint density at radius 2 is 1.17 bits per heavy atom. The van der Waals surface area contributed by atoms with Crippen LogP contribution in [0.1, 0.15) is 27.7 Å². The summed E-state index contributed by atoms with van der Waals surface area (Å²) >= 11 is 0. The Hall–Kier alpha value is -3.17. The van der Waals surface area contributed by atoms with Crippen molar-refractivity contribution in [3.05, 3.63) is 22.5 Å². The van der Waals surface area contributed by atoms with Gasteiger partial charge in [-0.25, -0.2) is 9.59 Å². The molecule has 10 heteroatoms. The minimum absolute atomic E-state index is 0.0497. The summed E-state index contributed by atoms with van der Waals surface area (Å²) in [4.78, 5) is 63.3. The predicted molar refractivity (Wildman–Crippen MR) is 98.7 cm³/mol. The molecule has 0 unspecified atom stereocenters. The molecule has 0 amide bonds. The number of carbonyl (C=O) groups excluding carboxylic acids is 5. The van der Waals surface area contributed by atoms with E-state index < -0.39 is 64.3 Å². The number of aliphatic hydroxyl groups is 1. The molecule has 0 aromatic rings. The minimum Gasteiger partial charge on any atom is -0.510 e. The van der Waals surface area contributed by atoms with Gasteiger partial charge in [0.25, 0.3) is 0 Å². The first-order valence-corrected chi connectivity index (χ1v) is 9.65. The number of ketones is 1. The number of esters is 4. The van der Waals surface area contributed by atoms with Crippen LogP contribution < -0.4 is 0 Å². The van der Waals surface area contributed by atoms with Crippen molar-refractivity contribution in [1.29, 1.82) is 0 Å². The Kier molecular flexibility index (Phi) is 7.36. The summed E-state index contributed by atoms with van der Waals surface area (Å²) in [5.41, 5.74) is -1.35. The Labute approximate surface area is 172 Å². The number of rotatable bonds is 8. The van der Waals surface area contributed by atoms with Crippen LogP contribution in [0.4, 0.5) is 0 Å². The second kappa shape index (κ2) is 9.55. The zero-order chi connectivity index (χ0) is 22.6. The first kappa shape index (κ1) is 23.1. The van der Waals surface area contributed by atoms with Crippen LogP contribution >= 0.6 is 0 Å². The van der Waals surface area contributed by atoms with E-state index in [1.54, 1.807) is 0 Å². The molecular weight excluding hydrogens is 400 g/mol. The second-order valence-corrected chi connectivity index (χ2v) is 6.34. The molecule has 0 saturated carbocycles. The van der Waals surface area contributed by atoms with E-state index in [9.17, 15) is 29.1 Å². The highest BCUT2D eigenvalue weighted by atomic mass is 16.5. The number of hydrogen-bond donors (Lipinski definition) is 1. The van der Waals surface area contributed by atoms with Crippen molar-refractivity contribution < 1.29 is 48.0 Å². The van der Waals surface area contributed by atoms with E-state index in [2.05, 4.69) is 0 Å². The number of ether oxygens (including phenoxy) is 4. The fourth-order valence-electron chi connectivity index (χ4n) is 3.71. The highest BCUT2D eigenvalue weighted by Crippen LogP contribution is 2.52. The van der Waals surface area contributed by atoms with Gasteiger partial charge in [-0.3, -0.25) is 14.4 Å². The Morgan fingerprint density at radius 1 is 0.733 bits per heavy atom. The SMILES string of the molecule is CCOC(=O)C1=C(O)[C@H](C(=O)OCC)[C@@H]2C1=C(C(=O)OCC)C(=O)[C@@H]2C(=O)OCC. The van der Waals surface area contributed by atoms with Gasteiger partial charge < -0.3 is 24.1 Å². The summed E-state index contributed by atoms with van der Waals surface area (Å²) in [5.74, 6) is -10.3. The van der Waals surface area contributed by atoms with Crippen molar-refractivity contribution in [1.82, 2.24) is 0 Å². The van der Waals surface area contributed by atoms with E-state index >= 15 is 0 Å². The van der Waals surface area contributed by atoms with Crippen molar-refractivity contribution in [2.45, 2.75) is 27.7 Å². The van der Waals surface area contributed by atoms with Gasteiger partial charge in [-0.15, -0.1) is 0 Å². The molecule has 0 radical (unpaired) electrons. The van der Waals surface area contributed by atoms with Gasteiger partial charge in [0.05, 0.1) is 26.4 Å². The summed E-state index contributed by atoms with van der Waals surface area (Å²) in [6.45, 7) is 5.83. The number of aliphatic hydroxyl groups excluding tert-OH is 1. The summed E-state index contributed by atoms with van der Waals surface area (Å²) in [7, 11) is 0. The van der Waals surface area contributed by atoms with Gasteiger partial charge in [-0.2, -0.15) is 0 Å². The molecule has 0 saturated heterocycles. The third-order valence-corrected chi connectivity index (χ3v) is 4.71. The molecule has 30 heavy (non-hydrogen) atoms. The van der Waals surface area contributed by atoms with E-state index in [1.165, 1.54) is 27.7 Å². The van der Waals surface area contributed by atoms with Crippen molar-refractivity contribution in [2.24, 2.45) is 17.8 Å².